The molecule has 2 heteroatoms. The summed E-state index contributed by atoms with van der Waals surface area (Å²) in [5.41, 5.74) is 0.734. The van der Waals surface area contributed by atoms with Crippen LogP contribution in [0.25, 0.3) is 10.8 Å². The predicted octanol–water partition coefficient (Wildman–Crippen LogP) is 3.78. The fourth-order valence-electron chi connectivity index (χ4n) is 2.00. The van der Waals surface area contributed by atoms with Crippen molar-refractivity contribution in [1.82, 2.24) is 0 Å². The minimum absolute atomic E-state index is 0.113. The van der Waals surface area contributed by atoms with Crippen LogP contribution in [0.1, 0.15) is 36.5 Å². The first-order valence-electron chi connectivity index (χ1n) is 6.18. The van der Waals surface area contributed by atoms with Gasteiger partial charge in [0.05, 0.1) is 0 Å². The van der Waals surface area contributed by atoms with Crippen LogP contribution in [0.2, 0.25) is 0 Å². The highest BCUT2D eigenvalue weighted by Gasteiger charge is 2.06. The van der Waals surface area contributed by atoms with E-state index in [0.29, 0.717) is 19.3 Å². The third-order valence-corrected chi connectivity index (χ3v) is 3.00. The van der Waals surface area contributed by atoms with Crippen molar-refractivity contribution < 1.29 is 9.59 Å². The highest BCUT2D eigenvalue weighted by molar-refractivity contribution is 6.00. The molecule has 0 bridgehead atoms. The number of Topliss-reactive ketones (excluding diaryl/α,β-unsaturated/α-hetero) is 2. The Labute approximate surface area is 107 Å². The molecule has 0 aliphatic rings. The zero-order valence-electron chi connectivity index (χ0n) is 10.5. The number of benzene rings is 2. The van der Waals surface area contributed by atoms with Crippen LogP contribution >= 0.6 is 0 Å². The minimum atomic E-state index is 0.113. The molecule has 0 aliphatic carbocycles. The summed E-state index contributed by atoms with van der Waals surface area (Å²) in [5, 5.41) is 2.22. The van der Waals surface area contributed by atoms with E-state index in [1.54, 1.807) is 6.92 Å². The van der Waals surface area contributed by atoms with Gasteiger partial charge in [-0.25, -0.2) is 0 Å². The molecule has 0 spiro atoms. The molecule has 0 atom stereocenters. The van der Waals surface area contributed by atoms with Gasteiger partial charge in [-0.05, 0) is 30.2 Å². The average Bonchev–Trinajstić information content (AvgIpc) is 2.37. The Morgan fingerprint density at radius 3 is 2.39 bits per heavy atom. The fraction of sp³-hybridized carbons (Fsp3) is 0.250. The molecule has 0 unspecified atom stereocenters. The van der Waals surface area contributed by atoms with Gasteiger partial charge in [-0.3, -0.25) is 4.79 Å². The van der Waals surface area contributed by atoms with E-state index in [1.807, 2.05) is 42.5 Å². The van der Waals surface area contributed by atoms with Crippen LogP contribution in [-0.4, -0.2) is 11.6 Å². The van der Waals surface area contributed by atoms with E-state index in [4.69, 9.17) is 0 Å². The second kappa shape index (κ2) is 5.58. The number of hydrogen-bond acceptors (Lipinski definition) is 2. The van der Waals surface area contributed by atoms with E-state index >= 15 is 0 Å². The summed E-state index contributed by atoms with van der Waals surface area (Å²) < 4.78 is 0. The lowest BCUT2D eigenvalue weighted by Crippen LogP contribution is -2.00. The summed E-state index contributed by atoms with van der Waals surface area (Å²) in [6.07, 6.45) is 1.57. The zero-order chi connectivity index (χ0) is 13.0. The van der Waals surface area contributed by atoms with Gasteiger partial charge in [-0.2, -0.15) is 0 Å². The molecule has 0 aromatic heterocycles. The molecule has 0 fully saturated rings. The number of ketones is 2. The summed E-state index contributed by atoms with van der Waals surface area (Å²) in [6.45, 7) is 1.56. The largest absolute Gasteiger partial charge is 0.300 e. The van der Waals surface area contributed by atoms with Crippen LogP contribution in [-0.2, 0) is 4.79 Å². The molecule has 2 aromatic carbocycles. The van der Waals surface area contributed by atoms with E-state index in [0.717, 1.165) is 16.3 Å². The van der Waals surface area contributed by atoms with Gasteiger partial charge in [0.1, 0.15) is 5.78 Å². The Morgan fingerprint density at radius 2 is 1.67 bits per heavy atom. The lowest BCUT2D eigenvalue weighted by molar-refractivity contribution is -0.117. The summed E-state index contributed by atoms with van der Waals surface area (Å²) in [5.74, 6) is 0.253. The van der Waals surface area contributed by atoms with Crippen molar-refractivity contribution in [3.63, 3.8) is 0 Å². The minimum Gasteiger partial charge on any atom is -0.300 e. The summed E-state index contributed by atoms with van der Waals surface area (Å²) in [4.78, 5) is 22.8. The van der Waals surface area contributed by atoms with Crippen molar-refractivity contribution in [3.8, 4) is 0 Å². The smallest absolute Gasteiger partial charge is 0.162 e. The Balaban J connectivity index is 2.10. The highest BCUT2D eigenvalue weighted by atomic mass is 16.1. The first-order valence-corrected chi connectivity index (χ1v) is 6.18. The Hall–Kier alpha value is -1.96. The molecule has 0 aliphatic heterocycles. The maximum Gasteiger partial charge on any atom is 0.162 e. The predicted molar refractivity (Wildman–Crippen MR) is 72.8 cm³/mol. The van der Waals surface area contributed by atoms with Gasteiger partial charge >= 0.3 is 0 Å². The third-order valence-electron chi connectivity index (χ3n) is 3.00. The molecule has 2 nitrogen and oxygen atoms in total. The molecular formula is C16H16O2. The van der Waals surface area contributed by atoms with E-state index in [9.17, 15) is 9.59 Å². The number of carbonyl (C=O) groups excluding carboxylic acids is 2. The molecule has 0 radical (unpaired) electrons. The number of hydrogen-bond donors (Lipinski definition) is 0. The maximum absolute atomic E-state index is 12.0. The normalized spacial score (nSPS) is 10.5. The molecule has 0 saturated heterocycles. The SMILES string of the molecule is CC(=O)CCCC(=O)c1ccc2ccccc2c1. The Bertz CT molecular complexity index is 584. The van der Waals surface area contributed by atoms with Gasteiger partial charge in [0.15, 0.2) is 5.78 Å². The number of rotatable bonds is 5. The van der Waals surface area contributed by atoms with E-state index in [-0.39, 0.29) is 11.6 Å². The molecule has 0 N–H and O–H groups in total. The summed E-state index contributed by atoms with van der Waals surface area (Å²) in [6, 6.07) is 13.7. The van der Waals surface area contributed by atoms with Gasteiger partial charge in [-0.1, -0.05) is 36.4 Å². The van der Waals surface area contributed by atoms with Crippen LogP contribution in [0.4, 0.5) is 0 Å². The van der Waals surface area contributed by atoms with E-state index < -0.39 is 0 Å². The number of fused-ring (bicyclic) bond motifs is 1. The first kappa shape index (κ1) is 12.5. The monoisotopic (exact) mass is 240 g/mol. The van der Waals surface area contributed by atoms with E-state index in [2.05, 4.69) is 0 Å². The Kier molecular flexibility index (Phi) is 3.88. The standard InChI is InChI=1S/C16H16O2/c1-12(17)5-4-8-16(18)15-10-9-13-6-2-3-7-14(13)11-15/h2-3,6-7,9-11H,4-5,8H2,1H3. The van der Waals surface area contributed by atoms with Crippen LogP contribution in [0, 0.1) is 0 Å². The molecule has 18 heavy (non-hydrogen) atoms. The van der Waals surface area contributed by atoms with Gasteiger partial charge in [0, 0.05) is 18.4 Å². The van der Waals surface area contributed by atoms with Crippen molar-refractivity contribution in [3.05, 3.63) is 48.0 Å². The van der Waals surface area contributed by atoms with Crippen LogP contribution in [0.3, 0.4) is 0 Å². The third kappa shape index (κ3) is 3.04. The molecule has 2 aromatic rings. The summed E-state index contributed by atoms with van der Waals surface area (Å²) in [7, 11) is 0. The van der Waals surface area contributed by atoms with Gasteiger partial charge in [-0.15, -0.1) is 0 Å². The van der Waals surface area contributed by atoms with Crippen molar-refractivity contribution in [2.45, 2.75) is 26.2 Å². The van der Waals surface area contributed by atoms with Crippen LogP contribution < -0.4 is 0 Å². The summed E-state index contributed by atoms with van der Waals surface area (Å²) >= 11 is 0. The average molecular weight is 240 g/mol. The topological polar surface area (TPSA) is 34.1 Å². The van der Waals surface area contributed by atoms with Gasteiger partial charge in [0.25, 0.3) is 0 Å². The van der Waals surface area contributed by atoms with Gasteiger partial charge in [0.2, 0.25) is 0 Å². The highest BCUT2D eigenvalue weighted by Crippen LogP contribution is 2.17. The van der Waals surface area contributed by atoms with Crippen molar-refractivity contribution in [2.75, 3.05) is 0 Å². The van der Waals surface area contributed by atoms with Crippen LogP contribution in [0.5, 0.6) is 0 Å². The molecule has 92 valence electrons. The van der Waals surface area contributed by atoms with Crippen molar-refractivity contribution >= 4 is 22.3 Å². The Morgan fingerprint density at radius 1 is 0.944 bits per heavy atom. The zero-order valence-corrected chi connectivity index (χ0v) is 10.5. The second-order valence-electron chi connectivity index (χ2n) is 4.54. The molecular weight excluding hydrogens is 224 g/mol. The van der Waals surface area contributed by atoms with Crippen LogP contribution in [0.15, 0.2) is 42.5 Å². The van der Waals surface area contributed by atoms with Crippen molar-refractivity contribution in [2.24, 2.45) is 0 Å². The van der Waals surface area contributed by atoms with E-state index in [1.165, 1.54) is 0 Å². The quantitative estimate of drug-likeness (QED) is 0.745. The molecule has 0 amide bonds. The van der Waals surface area contributed by atoms with Gasteiger partial charge < -0.3 is 4.79 Å². The fourth-order valence-corrected chi connectivity index (χ4v) is 2.00. The first-order chi connectivity index (χ1) is 8.66. The molecule has 2 rings (SSSR count). The lowest BCUT2D eigenvalue weighted by Gasteiger charge is -2.03. The number of carbonyl (C=O) groups is 2. The maximum atomic E-state index is 12.0. The molecule has 0 heterocycles. The second-order valence-corrected chi connectivity index (χ2v) is 4.54. The lowest BCUT2D eigenvalue weighted by atomic mass is 10.0. The molecule has 0 saturated carbocycles. The van der Waals surface area contributed by atoms with Crippen molar-refractivity contribution in [1.29, 1.82) is 0 Å².